The zero-order valence-electron chi connectivity index (χ0n) is 38.3. The maximum atomic E-state index is 12.8. The Bertz CT molecular complexity index is 856. The smallest absolute Gasteiger partial charge is 0.306 e. The summed E-state index contributed by atoms with van der Waals surface area (Å²) in [5.74, 6) is 0.835. The van der Waals surface area contributed by atoms with Crippen LogP contribution < -0.4 is 0 Å². The molecule has 0 N–H and O–H groups in total. The van der Waals surface area contributed by atoms with E-state index in [1.54, 1.807) is 0 Å². The van der Waals surface area contributed by atoms with Gasteiger partial charge in [-0.3, -0.25) is 14.4 Å². The Kier molecular flexibility index (Phi) is 41.8. The van der Waals surface area contributed by atoms with Gasteiger partial charge in [-0.05, 0) is 31.1 Å². The highest BCUT2D eigenvalue weighted by molar-refractivity contribution is 5.71. The summed E-state index contributed by atoms with van der Waals surface area (Å²) in [4.78, 5) is 37.8. The van der Waals surface area contributed by atoms with E-state index in [1.807, 2.05) is 0 Å². The van der Waals surface area contributed by atoms with Gasteiger partial charge in [-0.2, -0.15) is 0 Å². The summed E-state index contributed by atoms with van der Waals surface area (Å²) in [6.45, 7) is 11.4. The molecule has 0 spiro atoms. The summed E-state index contributed by atoms with van der Waals surface area (Å²) < 4.78 is 16.7. The lowest BCUT2D eigenvalue weighted by Crippen LogP contribution is -2.30. The normalized spacial score (nSPS) is 12.5. The van der Waals surface area contributed by atoms with Crippen LogP contribution in [0.4, 0.5) is 0 Å². The molecule has 1 unspecified atom stereocenters. The lowest BCUT2D eigenvalue weighted by molar-refractivity contribution is -0.167. The van der Waals surface area contributed by atoms with E-state index in [0.29, 0.717) is 19.3 Å². The van der Waals surface area contributed by atoms with Crippen LogP contribution in [0.2, 0.25) is 0 Å². The monoisotopic (exact) mass is 793 g/mol. The first kappa shape index (κ1) is 54.4. The minimum atomic E-state index is -0.760. The number of unbranched alkanes of at least 4 members (excludes halogenated alkanes) is 28. The molecule has 0 fully saturated rings. The Morgan fingerprint density at radius 3 is 1.02 bits per heavy atom. The molecule has 6 heteroatoms. The van der Waals surface area contributed by atoms with Crippen molar-refractivity contribution in [2.75, 3.05) is 13.2 Å². The zero-order valence-corrected chi connectivity index (χ0v) is 38.3. The van der Waals surface area contributed by atoms with Crippen LogP contribution in [0.25, 0.3) is 0 Å². The molecule has 0 aromatic heterocycles. The molecule has 2 atom stereocenters. The summed E-state index contributed by atoms with van der Waals surface area (Å²) in [6, 6.07) is 0. The molecule has 0 bridgehead atoms. The quantitative estimate of drug-likeness (QED) is 0.0347. The van der Waals surface area contributed by atoms with Crippen molar-refractivity contribution in [3.05, 3.63) is 0 Å². The first-order valence-corrected chi connectivity index (χ1v) is 24.8. The Balaban J connectivity index is 4.26. The van der Waals surface area contributed by atoms with Crippen molar-refractivity contribution in [2.45, 2.75) is 278 Å². The second-order valence-corrected chi connectivity index (χ2v) is 17.8. The molecule has 0 aliphatic carbocycles. The first-order valence-electron chi connectivity index (χ1n) is 24.8. The summed E-state index contributed by atoms with van der Waals surface area (Å²) >= 11 is 0. The number of ether oxygens (including phenoxy) is 3. The minimum absolute atomic E-state index is 0.0646. The lowest BCUT2D eigenvalue weighted by atomic mass is 9.99. The van der Waals surface area contributed by atoms with Crippen LogP contribution in [0, 0.1) is 11.8 Å². The van der Waals surface area contributed by atoms with E-state index in [1.165, 1.54) is 161 Å². The highest BCUT2D eigenvalue weighted by atomic mass is 16.6. The predicted molar refractivity (Wildman–Crippen MR) is 238 cm³/mol. The average Bonchev–Trinajstić information content (AvgIpc) is 3.18. The van der Waals surface area contributed by atoms with Crippen molar-refractivity contribution in [1.82, 2.24) is 0 Å². The number of esters is 3. The maximum Gasteiger partial charge on any atom is 0.306 e. The summed E-state index contributed by atoms with van der Waals surface area (Å²) in [7, 11) is 0. The fourth-order valence-electron chi connectivity index (χ4n) is 7.43. The van der Waals surface area contributed by atoms with Crippen LogP contribution in [0.5, 0.6) is 0 Å². The molecule has 0 aromatic rings. The van der Waals surface area contributed by atoms with Gasteiger partial charge in [0.15, 0.2) is 6.10 Å². The van der Waals surface area contributed by atoms with Crippen molar-refractivity contribution in [2.24, 2.45) is 11.8 Å². The van der Waals surface area contributed by atoms with Crippen molar-refractivity contribution >= 4 is 17.9 Å². The van der Waals surface area contributed by atoms with Gasteiger partial charge in [0, 0.05) is 19.3 Å². The van der Waals surface area contributed by atoms with Gasteiger partial charge in [-0.25, -0.2) is 0 Å². The second kappa shape index (κ2) is 43.0. The standard InChI is InChI=1S/C50H96O6/c1-6-8-9-10-11-18-25-30-35-40-48(51)54-43-47(44-55-49(52)41-36-31-26-22-21-23-28-33-38-45(3)4)56-50(53)42-37-32-27-20-17-15-13-12-14-16-19-24-29-34-39-46(5)7-2/h45-47H,6-44H2,1-5H3/t46?,47-/m0/s1. The van der Waals surface area contributed by atoms with E-state index in [9.17, 15) is 14.4 Å². The molecule has 0 aromatic carbocycles. The SMILES string of the molecule is CCCCCCCCCCCC(=O)OC[C@@H](COC(=O)CCCCCCCCCCC(C)C)OC(=O)CCCCCCCCCCCCCCCCC(C)CC. The fraction of sp³-hybridized carbons (Fsp3) is 0.940. The molecule has 0 aliphatic rings. The van der Waals surface area contributed by atoms with Crippen LogP contribution in [0.15, 0.2) is 0 Å². The predicted octanol–water partition coefficient (Wildman–Crippen LogP) is 15.8. The van der Waals surface area contributed by atoms with Crippen LogP contribution in [-0.4, -0.2) is 37.2 Å². The van der Waals surface area contributed by atoms with Gasteiger partial charge in [-0.1, -0.05) is 234 Å². The largest absolute Gasteiger partial charge is 0.462 e. The molecule has 0 rings (SSSR count). The molecule has 0 saturated heterocycles. The zero-order chi connectivity index (χ0) is 41.2. The molecular weight excluding hydrogens is 697 g/mol. The van der Waals surface area contributed by atoms with Crippen LogP contribution >= 0.6 is 0 Å². The Hall–Kier alpha value is -1.59. The molecule has 6 nitrogen and oxygen atoms in total. The minimum Gasteiger partial charge on any atom is -0.462 e. The molecule has 0 amide bonds. The van der Waals surface area contributed by atoms with Crippen LogP contribution in [0.3, 0.4) is 0 Å². The highest BCUT2D eigenvalue weighted by Crippen LogP contribution is 2.18. The third-order valence-electron chi connectivity index (χ3n) is 11.6. The Morgan fingerprint density at radius 2 is 0.679 bits per heavy atom. The van der Waals surface area contributed by atoms with Crippen molar-refractivity contribution in [3.63, 3.8) is 0 Å². The van der Waals surface area contributed by atoms with E-state index in [-0.39, 0.29) is 31.1 Å². The average molecular weight is 793 g/mol. The highest BCUT2D eigenvalue weighted by Gasteiger charge is 2.19. The lowest BCUT2D eigenvalue weighted by Gasteiger charge is -2.18. The summed E-state index contributed by atoms with van der Waals surface area (Å²) in [6.07, 6.45) is 42.3. The van der Waals surface area contributed by atoms with Gasteiger partial charge in [0.2, 0.25) is 0 Å². The van der Waals surface area contributed by atoms with Crippen molar-refractivity contribution in [1.29, 1.82) is 0 Å². The summed E-state index contributed by atoms with van der Waals surface area (Å²) in [5.41, 5.74) is 0. The van der Waals surface area contributed by atoms with Gasteiger partial charge < -0.3 is 14.2 Å². The van der Waals surface area contributed by atoms with E-state index in [4.69, 9.17) is 14.2 Å². The Labute approximate surface area is 348 Å². The molecule has 0 saturated carbocycles. The second-order valence-electron chi connectivity index (χ2n) is 17.8. The molecule has 0 aliphatic heterocycles. The molecule has 56 heavy (non-hydrogen) atoms. The number of hydrogen-bond donors (Lipinski definition) is 0. The maximum absolute atomic E-state index is 12.8. The van der Waals surface area contributed by atoms with E-state index >= 15 is 0 Å². The molecule has 332 valence electrons. The number of carbonyl (C=O) groups is 3. The van der Waals surface area contributed by atoms with Gasteiger partial charge in [-0.15, -0.1) is 0 Å². The third kappa shape index (κ3) is 42.0. The van der Waals surface area contributed by atoms with E-state index < -0.39 is 6.10 Å². The Morgan fingerprint density at radius 1 is 0.375 bits per heavy atom. The van der Waals surface area contributed by atoms with Crippen molar-refractivity contribution < 1.29 is 28.6 Å². The molecular formula is C50H96O6. The van der Waals surface area contributed by atoms with Gasteiger partial charge in [0.1, 0.15) is 13.2 Å². The van der Waals surface area contributed by atoms with Crippen molar-refractivity contribution in [3.8, 4) is 0 Å². The van der Waals surface area contributed by atoms with Crippen LogP contribution in [-0.2, 0) is 28.6 Å². The third-order valence-corrected chi connectivity index (χ3v) is 11.6. The van der Waals surface area contributed by atoms with Gasteiger partial charge >= 0.3 is 17.9 Å². The topological polar surface area (TPSA) is 78.9 Å². The fourth-order valence-corrected chi connectivity index (χ4v) is 7.43. The first-order chi connectivity index (χ1) is 27.3. The summed E-state index contributed by atoms with van der Waals surface area (Å²) in [5, 5.41) is 0. The van der Waals surface area contributed by atoms with Gasteiger partial charge in [0.05, 0.1) is 0 Å². The van der Waals surface area contributed by atoms with E-state index in [2.05, 4.69) is 34.6 Å². The molecule has 0 heterocycles. The number of carbonyl (C=O) groups excluding carboxylic acids is 3. The van der Waals surface area contributed by atoms with E-state index in [0.717, 1.165) is 69.6 Å². The number of rotatable bonds is 44. The van der Waals surface area contributed by atoms with Gasteiger partial charge in [0.25, 0.3) is 0 Å². The molecule has 0 radical (unpaired) electrons. The number of hydrogen-bond acceptors (Lipinski definition) is 6. The van der Waals surface area contributed by atoms with Crippen LogP contribution in [0.1, 0.15) is 272 Å².